The second kappa shape index (κ2) is 3.38. The van der Waals surface area contributed by atoms with Crippen LogP contribution in [0.5, 0.6) is 5.75 Å². The largest absolute Gasteiger partial charge is 0.508 e. The van der Waals surface area contributed by atoms with Crippen LogP contribution < -0.4 is 0 Å². The highest BCUT2D eigenvalue weighted by Gasteiger charge is 2.11. The third kappa shape index (κ3) is 1.49. The van der Waals surface area contributed by atoms with Gasteiger partial charge in [0, 0.05) is 6.07 Å². The summed E-state index contributed by atoms with van der Waals surface area (Å²) in [4.78, 5) is 4.22. The number of hydrogen-bond donors (Lipinski definition) is 1. The molecule has 0 aliphatic carbocycles. The third-order valence-corrected chi connectivity index (χ3v) is 2.58. The molecule has 0 aliphatic heterocycles. The van der Waals surface area contributed by atoms with E-state index in [0.29, 0.717) is 27.4 Å². The standard InChI is InChI=1S/C11H6BrNO3/c12-10-4-3-9(15-10)11-13-7-5-6(14)1-2-8(7)16-11/h1-5,14H. The number of phenols is 1. The molecule has 3 rings (SSSR count). The van der Waals surface area contributed by atoms with Gasteiger partial charge in [0.05, 0.1) is 0 Å². The minimum Gasteiger partial charge on any atom is -0.508 e. The average Bonchev–Trinajstić information content (AvgIpc) is 2.83. The maximum absolute atomic E-state index is 9.30. The van der Waals surface area contributed by atoms with E-state index in [1.807, 2.05) is 0 Å². The summed E-state index contributed by atoms with van der Waals surface area (Å²) < 4.78 is 11.4. The van der Waals surface area contributed by atoms with Crippen molar-refractivity contribution in [2.75, 3.05) is 0 Å². The maximum atomic E-state index is 9.30. The van der Waals surface area contributed by atoms with Crippen molar-refractivity contribution in [3.05, 3.63) is 35.0 Å². The molecule has 0 spiro atoms. The molecule has 0 aliphatic rings. The summed E-state index contributed by atoms with van der Waals surface area (Å²) in [5, 5.41) is 9.30. The number of phenolic OH excluding ortho intramolecular Hbond substituents is 1. The number of aromatic nitrogens is 1. The van der Waals surface area contributed by atoms with Crippen LogP contribution in [-0.4, -0.2) is 10.1 Å². The van der Waals surface area contributed by atoms with E-state index in [-0.39, 0.29) is 5.75 Å². The van der Waals surface area contributed by atoms with Gasteiger partial charge in [0.15, 0.2) is 16.0 Å². The van der Waals surface area contributed by atoms with Crippen LogP contribution in [0.1, 0.15) is 0 Å². The predicted octanol–water partition coefficient (Wildman–Crippen LogP) is 3.56. The summed E-state index contributed by atoms with van der Waals surface area (Å²) >= 11 is 3.21. The zero-order valence-corrected chi connectivity index (χ0v) is 9.56. The Labute approximate surface area is 98.6 Å². The van der Waals surface area contributed by atoms with Gasteiger partial charge in [-0.2, -0.15) is 0 Å². The Morgan fingerprint density at radius 3 is 2.75 bits per heavy atom. The van der Waals surface area contributed by atoms with E-state index in [2.05, 4.69) is 20.9 Å². The van der Waals surface area contributed by atoms with Gasteiger partial charge in [0.1, 0.15) is 11.3 Å². The number of aromatic hydroxyl groups is 1. The molecular formula is C11H6BrNO3. The lowest BCUT2D eigenvalue weighted by Gasteiger charge is -1.87. The van der Waals surface area contributed by atoms with E-state index in [1.54, 1.807) is 30.3 Å². The minimum absolute atomic E-state index is 0.160. The lowest BCUT2D eigenvalue weighted by atomic mass is 10.3. The van der Waals surface area contributed by atoms with Crippen LogP contribution in [0.4, 0.5) is 0 Å². The van der Waals surface area contributed by atoms with E-state index < -0.39 is 0 Å². The zero-order valence-electron chi connectivity index (χ0n) is 7.98. The molecular weight excluding hydrogens is 274 g/mol. The Morgan fingerprint density at radius 2 is 2.00 bits per heavy atom. The first-order valence-electron chi connectivity index (χ1n) is 4.58. The quantitative estimate of drug-likeness (QED) is 0.740. The molecule has 5 heteroatoms. The molecule has 0 atom stereocenters. The van der Waals surface area contributed by atoms with Gasteiger partial charge in [-0.25, -0.2) is 4.98 Å². The van der Waals surface area contributed by atoms with E-state index in [0.717, 1.165) is 0 Å². The van der Waals surface area contributed by atoms with Gasteiger partial charge in [-0.1, -0.05) is 0 Å². The SMILES string of the molecule is Oc1ccc2oc(-c3ccc(Br)o3)nc2c1. The van der Waals surface area contributed by atoms with Crippen LogP contribution in [-0.2, 0) is 0 Å². The summed E-state index contributed by atoms with van der Waals surface area (Å²) in [7, 11) is 0. The molecule has 80 valence electrons. The Morgan fingerprint density at radius 1 is 1.12 bits per heavy atom. The van der Waals surface area contributed by atoms with Crippen molar-refractivity contribution >= 4 is 27.0 Å². The Bertz CT molecular complexity index is 656. The normalized spacial score (nSPS) is 11.1. The van der Waals surface area contributed by atoms with Crippen molar-refractivity contribution in [1.82, 2.24) is 4.98 Å². The van der Waals surface area contributed by atoms with Crippen molar-refractivity contribution in [2.24, 2.45) is 0 Å². The fraction of sp³-hybridized carbons (Fsp3) is 0. The highest BCUT2D eigenvalue weighted by atomic mass is 79.9. The van der Waals surface area contributed by atoms with Gasteiger partial charge < -0.3 is 13.9 Å². The van der Waals surface area contributed by atoms with Crippen LogP contribution >= 0.6 is 15.9 Å². The lowest BCUT2D eigenvalue weighted by molar-refractivity contribution is 0.476. The van der Waals surface area contributed by atoms with E-state index in [1.165, 1.54) is 0 Å². The fourth-order valence-corrected chi connectivity index (χ4v) is 1.76. The maximum Gasteiger partial charge on any atom is 0.263 e. The summed E-state index contributed by atoms with van der Waals surface area (Å²) in [5.41, 5.74) is 1.21. The summed E-state index contributed by atoms with van der Waals surface area (Å²) in [6.07, 6.45) is 0. The Balaban J connectivity index is 2.18. The number of nitrogens with zero attached hydrogens (tertiary/aromatic N) is 1. The second-order valence-corrected chi connectivity index (χ2v) is 4.06. The molecule has 0 radical (unpaired) electrons. The van der Waals surface area contributed by atoms with E-state index in [9.17, 15) is 5.11 Å². The van der Waals surface area contributed by atoms with Gasteiger partial charge in [-0.15, -0.1) is 0 Å². The minimum atomic E-state index is 0.160. The molecule has 4 nitrogen and oxygen atoms in total. The molecule has 3 aromatic rings. The van der Waals surface area contributed by atoms with Crippen LogP contribution in [0.25, 0.3) is 22.8 Å². The first-order valence-corrected chi connectivity index (χ1v) is 5.37. The third-order valence-electron chi connectivity index (χ3n) is 2.16. The number of benzene rings is 1. The van der Waals surface area contributed by atoms with Crippen molar-refractivity contribution in [1.29, 1.82) is 0 Å². The number of halogens is 1. The first kappa shape index (κ1) is 9.47. The topological polar surface area (TPSA) is 59.4 Å². The predicted molar refractivity (Wildman–Crippen MR) is 61.1 cm³/mol. The van der Waals surface area contributed by atoms with Crippen molar-refractivity contribution in [2.45, 2.75) is 0 Å². The van der Waals surface area contributed by atoms with Crippen LogP contribution in [0.2, 0.25) is 0 Å². The molecule has 1 aromatic carbocycles. The molecule has 0 saturated carbocycles. The molecule has 0 bridgehead atoms. The molecule has 0 fully saturated rings. The molecule has 2 heterocycles. The van der Waals surface area contributed by atoms with Crippen molar-refractivity contribution < 1.29 is 13.9 Å². The van der Waals surface area contributed by atoms with Gasteiger partial charge >= 0.3 is 0 Å². The highest BCUT2D eigenvalue weighted by Crippen LogP contribution is 2.28. The number of hydrogen-bond acceptors (Lipinski definition) is 4. The first-order chi connectivity index (χ1) is 7.72. The molecule has 16 heavy (non-hydrogen) atoms. The molecule has 0 saturated heterocycles. The van der Waals surface area contributed by atoms with Gasteiger partial charge in [0.2, 0.25) is 0 Å². The monoisotopic (exact) mass is 279 g/mol. The summed E-state index contributed by atoms with van der Waals surface area (Å²) in [6.45, 7) is 0. The Kier molecular flexibility index (Phi) is 2.00. The molecule has 1 N–H and O–H groups in total. The van der Waals surface area contributed by atoms with Crippen LogP contribution in [0.3, 0.4) is 0 Å². The van der Waals surface area contributed by atoms with Gasteiger partial charge in [0.25, 0.3) is 5.89 Å². The smallest absolute Gasteiger partial charge is 0.263 e. The molecule has 0 amide bonds. The summed E-state index contributed by atoms with van der Waals surface area (Å²) in [6, 6.07) is 8.28. The second-order valence-electron chi connectivity index (χ2n) is 3.27. The number of rotatable bonds is 1. The lowest BCUT2D eigenvalue weighted by Crippen LogP contribution is -1.70. The molecule has 0 unspecified atom stereocenters. The molecule has 2 aromatic heterocycles. The van der Waals surface area contributed by atoms with E-state index in [4.69, 9.17) is 8.83 Å². The van der Waals surface area contributed by atoms with Gasteiger partial charge in [-0.05, 0) is 40.2 Å². The number of furan rings is 1. The van der Waals surface area contributed by atoms with Crippen molar-refractivity contribution in [3.63, 3.8) is 0 Å². The fourth-order valence-electron chi connectivity index (χ4n) is 1.45. The van der Waals surface area contributed by atoms with Gasteiger partial charge in [-0.3, -0.25) is 0 Å². The van der Waals surface area contributed by atoms with Crippen molar-refractivity contribution in [3.8, 4) is 17.4 Å². The van der Waals surface area contributed by atoms with Crippen LogP contribution in [0.15, 0.2) is 43.8 Å². The number of oxazole rings is 1. The van der Waals surface area contributed by atoms with Crippen LogP contribution in [0, 0.1) is 0 Å². The average molecular weight is 280 g/mol. The number of fused-ring (bicyclic) bond motifs is 1. The summed E-state index contributed by atoms with van der Waals surface area (Å²) in [5.74, 6) is 1.10. The van der Waals surface area contributed by atoms with E-state index >= 15 is 0 Å². The Hall–Kier alpha value is -1.75. The zero-order chi connectivity index (χ0) is 11.1. The highest BCUT2D eigenvalue weighted by molar-refractivity contribution is 9.10.